The number of likely N-dealkylation sites (N-methyl/N-ethyl adjacent to an activating group) is 1. The van der Waals surface area contributed by atoms with Crippen molar-refractivity contribution in [1.82, 2.24) is 19.4 Å². The zero-order chi connectivity index (χ0) is 16.6. The van der Waals surface area contributed by atoms with E-state index in [1.807, 2.05) is 0 Å². The summed E-state index contributed by atoms with van der Waals surface area (Å²) in [6.07, 6.45) is 7.00. The molecule has 1 aromatic heterocycles. The summed E-state index contributed by atoms with van der Waals surface area (Å²) in [6, 6.07) is 0. The van der Waals surface area contributed by atoms with Gasteiger partial charge in [0.2, 0.25) is 0 Å². The average Bonchev–Trinajstić information content (AvgIpc) is 3.00. The van der Waals surface area contributed by atoms with Gasteiger partial charge in [0.15, 0.2) is 0 Å². The van der Waals surface area contributed by atoms with E-state index in [1.165, 1.54) is 63.4 Å². The Morgan fingerprint density at radius 1 is 1.17 bits per heavy atom. The van der Waals surface area contributed by atoms with Crippen LogP contribution in [0.4, 0.5) is 0 Å². The van der Waals surface area contributed by atoms with Crippen LogP contribution in [0, 0.1) is 12.8 Å². The minimum absolute atomic E-state index is 0.174. The fraction of sp³-hybridized carbons (Fsp3) is 0.842. The Hall–Kier alpha value is -0.910. The van der Waals surface area contributed by atoms with E-state index >= 15 is 0 Å². The number of nitrogens with zero attached hydrogens (tertiary/aromatic N) is 4. The second-order valence-electron chi connectivity index (χ2n) is 7.84. The molecule has 0 atom stereocenters. The first-order chi connectivity index (χ1) is 11.7. The molecule has 2 saturated heterocycles. The van der Waals surface area contributed by atoms with Gasteiger partial charge in [-0.3, -0.25) is 4.90 Å². The Kier molecular flexibility index (Phi) is 4.67. The number of aromatic nitrogens is 2. The van der Waals surface area contributed by atoms with Gasteiger partial charge in [-0.1, -0.05) is 6.92 Å². The highest BCUT2D eigenvalue weighted by Crippen LogP contribution is 2.41. The van der Waals surface area contributed by atoms with Crippen LogP contribution in [0.3, 0.4) is 0 Å². The van der Waals surface area contributed by atoms with E-state index in [2.05, 4.69) is 34.4 Å². The third-order valence-corrected chi connectivity index (χ3v) is 6.59. The Morgan fingerprint density at radius 3 is 2.62 bits per heavy atom. The predicted octanol–water partition coefficient (Wildman–Crippen LogP) is 2.24. The number of aryl methyl sites for hydroxylation is 1. The lowest BCUT2D eigenvalue weighted by Gasteiger charge is -2.51. The monoisotopic (exact) mass is 332 g/mol. The molecule has 4 rings (SSSR count). The summed E-state index contributed by atoms with van der Waals surface area (Å²) in [5.74, 6) is 2.17. The summed E-state index contributed by atoms with van der Waals surface area (Å²) in [6.45, 7) is 13.5. The Labute approximate surface area is 146 Å². The van der Waals surface area contributed by atoms with Crippen molar-refractivity contribution < 1.29 is 4.74 Å². The summed E-state index contributed by atoms with van der Waals surface area (Å²) in [5.41, 5.74) is 1.50. The third kappa shape index (κ3) is 2.80. The molecule has 0 bridgehead atoms. The molecular weight excluding hydrogens is 300 g/mol. The van der Waals surface area contributed by atoms with Gasteiger partial charge in [0.25, 0.3) is 0 Å². The number of hydrogen-bond acceptors (Lipinski definition) is 4. The largest absolute Gasteiger partial charge is 0.381 e. The lowest BCUT2D eigenvalue weighted by atomic mass is 9.82. The normalized spacial score (nSPS) is 25.9. The molecule has 3 aliphatic heterocycles. The van der Waals surface area contributed by atoms with Crippen LogP contribution in [0.25, 0.3) is 0 Å². The summed E-state index contributed by atoms with van der Waals surface area (Å²) in [7, 11) is 0. The maximum Gasteiger partial charge on any atom is 0.129 e. The van der Waals surface area contributed by atoms with Crippen LogP contribution >= 0.6 is 0 Å². The van der Waals surface area contributed by atoms with Crippen LogP contribution in [-0.4, -0.2) is 65.3 Å². The van der Waals surface area contributed by atoms with Crippen LogP contribution in [0.1, 0.15) is 44.1 Å². The highest BCUT2D eigenvalue weighted by atomic mass is 16.5. The van der Waals surface area contributed by atoms with E-state index in [9.17, 15) is 0 Å². The minimum atomic E-state index is 0.174. The molecule has 5 heteroatoms. The molecule has 1 aromatic rings. The number of piperidine rings is 1. The quantitative estimate of drug-likeness (QED) is 0.850. The van der Waals surface area contributed by atoms with Crippen LogP contribution in [-0.2, 0) is 16.8 Å². The van der Waals surface area contributed by atoms with Crippen molar-refractivity contribution in [2.75, 3.05) is 45.9 Å². The highest BCUT2D eigenvalue weighted by Gasteiger charge is 2.46. The smallest absolute Gasteiger partial charge is 0.129 e. The van der Waals surface area contributed by atoms with Gasteiger partial charge in [-0.15, -0.1) is 0 Å². The molecule has 0 saturated carbocycles. The summed E-state index contributed by atoms with van der Waals surface area (Å²) < 4.78 is 7.99. The topological polar surface area (TPSA) is 33.5 Å². The van der Waals surface area contributed by atoms with Crippen molar-refractivity contribution >= 4 is 0 Å². The first-order valence-corrected chi connectivity index (χ1v) is 9.80. The molecule has 2 fully saturated rings. The molecular formula is C19H32N4O. The van der Waals surface area contributed by atoms with Gasteiger partial charge in [-0.05, 0) is 45.1 Å². The lowest BCUT2D eigenvalue weighted by molar-refractivity contribution is -0.0161. The summed E-state index contributed by atoms with van der Waals surface area (Å²) >= 11 is 0. The van der Waals surface area contributed by atoms with Gasteiger partial charge in [0, 0.05) is 57.8 Å². The van der Waals surface area contributed by atoms with Gasteiger partial charge >= 0.3 is 0 Å². The van der Waals surface area contributed by atoms with Gasteiger partial charge in [-0.25, -0.2) is 4.98 Å². The fourth-order valence-electron chi connectivity index (χ4n) is 5.09. The molecule has 0 N–H and O–H groups in total. The summed E-state index contributed by atoms with van der Waals surface area (Å²) in [4.78, 5) is 10.3. The van der Waals surface area contributed by atoms with Crippen LogP contribution in [0.15, 0.2) is 6.20 Å². The van der Waals surface area contributed by atoms with E-state index in [1.54, 1.807) is 0 Å². The molecule has 4 heterocycles. The highest BCUT2D eigenvalue weighted by molar-refractivity contribution is 5.18. The Morgan fingerprint density at radius 2 is 1.92 bits per heavy atom. The van der Waals surface area contributed by atoms with Crippen molar-refractivity contribution in [3.63, 3.8) is 0 Å². The molecule has 1 spiro atoms. The maximum atomic E-state index is 5.51. The third-order valence-electron chi connectivity index (χ3n) is 6.59. The van der Waals surface area contributed by atoms with E-state index in [-0.39, 0.29) is 5.54 Å². The zero-order valence-electron chi connectivity index (χ0n) is 15.3. The Balaban J connectivity index is 1.47. The second-order valence-corrected chi connectivity index (χ2v) is 7.84. The molecule has 0 aromatic carbocycles. The van der Waals surface area contributed by atoms with Gasteiger partial charge < -0.3 is 14.2 Å². The number of ether oxygens (including phenoxy) is 1. The van der Waals surface area contributed by atoms with E-state index < -0.39 is 0 Å². The lowest BCUT2D eigenvalue weighted by Crippen LogP contribution is -2.58. The van der Waals surface area contributed by atoms with Crippen LogP contribution in [0.5, 0.6) is 0 Å². The van der Waals surface area contributed by atoms with E-state index in [0.29, 0.717) is 0 Å². The number of rotatable bonds is 3. The predicted molar refractivity (Wildman–Crippen MR) is 95.1 cm³/mol. The first kappa shape index (κ1) is 16.6. The maximum absolute atomic E-state index is 5.51. The first-order valence-electron chi connectivity index (χ1n) is 9.80. The van der Waals surface area contributed by atoms with Crippen molar-refractivity contribution in [1.29, 1.82) is 0 Å². The molecule has 134 valence electrons. The van der Waals surface area contributed by atoms with Crippen molar-refractivity contribution in [3.05, 3.63) is 17.7 Å². The van der Waals surface area contributed by atoms with Gasteiger partial charge in [-0.2, -0.15) is 0 Å². The number of likely N-dealkylation sites (tertiary alicyclic amines) is 1. The number of imidazole rings is 1. The molecule has 24 heavy (non-hydrogen) atoms. The van der Waals surface area contributed by atoms with Crippen LogP contribution in [0.2, 0.25) is 0 Å². The van der Waals surface area contributed by atoms with Crippen LogP contribution < -0.4 is 0 Å². The minimum Gasteiger partial charge on any atom is -0.381 e. The van der Waals surface area contributed by atoms with Gasteiger partial charge in [0.1, 0.15) is 5.82 Å². The summed E-state index contributed by atoms with van der Waals surface area (Å²) in [5, 5.41) is 0. The van der Waals surface area contributed by atoms with Crippen molar-refractivity contribution in [3.8, 4) is 0 Å². The Bertz CT molecular complexity index is 556. The standard InChI is InChI=1S/C19H32N4O/c1-3-22-10-11-23-16(2)14-20-18(23)19(22)6-8-21(9-7-19)15-17-4-12-24-13-5-17/h14,17H,3-13,15H2,1-2H3. The fourth-order valence-corrected chi connectivity index (χ4v) is 5.09. The zero-order valence-corrected chi connectivity index (χ0v) is 15.3. The molecule has 0 amide bonds. The average molecular weight is 332 g/mol. The number of fused-ring (bicyclic) bond motifs is 2. The number of hydrogen-bond donors (Lipinski definition) is 0. The van der Waals surface area contributed by atoms with Gasteiger partial charge in [0.05, 0.1) is 5.54 Å². The molecule has 0 aliphatic carbocycles. The van der Waals surface area contributed by atoms with E-state index in [4.69, 9.17) is 9.72 Å². The molecule has 0 unspecified atom stereocenters. The molecule has 3 aliphatic rings. The van der Waals surface area contributed by atoms with E-state index in [0.717, 1.165) is 32.2 Å². The molecule has 0 radical (unpaired) electrons. The SMILES string of the molecule is CCN1CCn2c(C)cnc2C12CCN(CC1CCOCC1)CC2. The van der Waals surface area contributed by atoms with Crippen molar-refractivity contribution in [2.24, 2.45) is 5.92 Å². The van der Waals surface area contributed by atoms with Crippen molar-refractivity contribution in [2.45, 2.75) is 51.6 Å². The molecule has 5 nitrogen and oxygen atoms in total. The second kappa shape index (κ2) is 6.77.